The van der Waals surface area contributed by atoms with Gasteiger partial charge in [0.2, 0.25) is 0 Å². The first-order valence-electron chi connectivity index (χ1n) is 6.21. The molecule has 1 aliphatic rings. The van der Waals surface area contributed by atoms with E-state index in [0.29, 0.717) is 17.9 Å². The summed E-state index contributed by atoms with van der Waals surface area (Å²) in [4.78, 5) is 13.6. The molecule has 0 saturated carbocycles. The summed E-state index contributed by atoms with van der Waals surface area (Å²) in [5.74, 6) is 0. The number of hydrogen-bond donors (Lipinski definition) is 2. The number of thiophene rings is 1. The molecule has 2 N–H and O–H groups in total. The summed E-state index contributed by atoms with van der Waals surface area (Å²) in [6.45, 7) is 6.45. The fraction of sp³-hybridized carbons (Fsp3) is 0.583. The van der Waals surface area contributed by atoms with E-state index in [1.165, 1.54) is 11.3 Å². The van der Waals surface area contributed by atoms with Crippen LogP contribution in [0.2, 0.25) is 0 Å². The SMILES string of the molecule is CC(C)(C)OC(=O)N1CCc2csc(B(O)O)c2C1. The van der Waals surface area contributed by atoms with Crippen LogP contribution in [0.15, 0.2) is 5.38 Å². The Morgan fingerprint density at radius 1 is 1.47 bits per heavy atom. The first-order valence-corrected chi connectivity index (χ1v) is 7.09. The summed E-state index contributed by atoms with van der Waals surface area (Å²) >= 11 is 1.32. The fourth-order valence-corrected chi connectivity index (χ4v) is 3.04. The van der Waals surface area contributed by atoms with Gasteiger partial charge in [-0.1, -0.05) is 0 Å². The van der Waals surface area contributed by atoms with Crippen molar-refractivity contribution >= 4 is 29.3 Å². The molecule has 1 aromatic rings. The van der Waals surface area contributed by atoms with Crippen LogP contribution in [0.5, 0.6) is 0 Å². The van der Waals surface area contributed by atoms with Crippen LogP contribution in [-0.4, -0.2) is 40.3 Å². The zero-order valence-electron chi connectivity index (χ0n) is 11.3. The zero-order valence-corrected chi connectivity index (χ0v) is 12.2. The predicted molar refractivity (Wildman–Crippen MR) is 74.5 cm³/mol. The number of rotatable bonds is 1. The van der Waals surface area contributed by atoms with Crippen molar-refractivity contribution in [3.63, 3.8) is 0 Å². The van der Waals surface area contributed by atoms with Crippen molar-refractivity contribution in [3.05, 3.63) is 16.5 Å². The summed E-state index contributed by atoms with van der Waals surface area (Å²) in [7, 11) is -1.48. The molecule has 0 fully saturated rings. The van der Waals surface area contributed by atoms with E-state index in [-0.39, 0.29) is 6.09 Å². The molecular formula is C12H18BNO4S. The van der Waals surface area contributed by atoms with Gasteiger partial charge in [0.1, 0.15) is 5.60 Å². The maximum absolute atomic E-state index is 12.0. The standard InChI is InChI=1S/C12H18BNO4S/c1-12(2,3)18-11(15)14-5-4-8-7-19-10(13(16)17)9(8)6-14/h7,16-17H,4-6H2,1-3H3. The normalized spacial score (nSPS) is 15.1. The van der Waals surface area contributed by atoms with Gasteiger partial charge in [-0.15, -0.1) is 0 Å². The molecule has 0 atom stereocenters. The highest BCUT2D eigenvalue weighted by Gasteiger charge is 2.30. The van der Waals surface area contributed by atoms with Crippen molar-refractivity contribution < 1.29 is 19.6 Å². The van der Waals surface area contributed by atoms with Crippen LogP contribution in [0.25, 0.3) is 0 Å². The van der Waals surface area contributed by atoms with Gasteiger partial charge >= 0.3 is 13.2 Å². The van der Waals surface area contributed by atoms with Crippen molar-refractivity contribution in [1.29, 1.82) is 0 Å². The number of carbonyl (C=O) groups is 1. The van der Waals surface area contributed by atoms with Crippen molar-refractivity contribution in [1.82, 2.24) is 4.90 Å². The predicted octanol–water partition coefficient (Wildman–Crippen LogP) is 0.721. The molecule has 2 heterocycles. The first-order chi connectivity index (χ1) is 8.78. The molecule has 2 rings (SSSR count). The molecule has 5 nitrogen and oxygen atoms in total. The first kappa shape index (κ1) is 14.4. The van der Waals surface area contributed by atoms with Gasteiger partial charge < -0.3 is 19.7 Å². The van der Waals surface area contributed by atoms with Crippen LogP contribution in [-0.2, 0) is 17.7 Å². The number of fused-ring (bicyclic) bond motifs is 1. The molecule has 7 heteroatoms. The van der Waals surface area contributed by atoms with Gasteiger partial charge in [-0.05, 0) is 43.7 Å². The van der Waals surface area contributed by atoms with Crippen LogP contribution in [0.1, 0.15) is 31.9 Å². The number of ether oxygens (including phenoxy) is 1. The zero-order chi connectivity index (χ0) is 14.2. The average Bonchev–Trinajstić information content (AvgIpc) is 2.68. The van der Waals surface area contributed by atoms with E-state index >= 15 is 0 Å². The van der Waals surface area contributed by atoms with Gasteiger partial charge in [-0.25, -0.2) is 4.79 Å². The molecular weight excluding hydrogens is 265 g/mol. The Balaban J connectivity index is 2.13. The van der Waals surface area contributed by atoms with Gasteiger partial charge in [-0.3, -0.25) is 0 Å². The molecule has 1 aliphatic heterocycles. The monoisotopic (exact) mass is 283 g/mol. The maximum atomic E-state index is 12.0. The van der Waals surface area contributed by atoms with Gasteiger partial charge in [0.25, 0.3) is 0 Å². The number of carbonyl (C=O) groups excluding carboxylic acids is 1. The molecule has 0 aliphatic carbocycles. The number of amides is 1. The Labute approximate surface area is 117 Å². The van der Waals surface area contributed by atoms with Gasteiger partial charge in [0.15, 0.2) is 0 Å². The van der Waals surface area contributed by atoms with E-state index in [2.05, 4.69) is 0 Å². The smallest absolute Gasteiger partial charge is 0.444 e. The highest BCUT2D eigenvalue weighted by atomic mass is 32.1. The van der Waals surface area contributed by atoms with Crippen molar-refractivity contribution in [2.75, 3.05) is 6.54 Å². The lowest BCUT2D eigenvalue weighted by molar-refractivity contribution is 0.0225. The number of hydrogen-bond acceptors (Lipinski definition) is 5. The molecule has 0 aromatic carbocycles. The third-order valence-electron chi connectivity index (χ3n) is 2.90. The molecule has 104 valence electrons. The largest absolute Gasteiger partial charge is 0.499 e. The molecule has 1 amide bonds. The average molecular weight is 283 g/mol. The third kappa shape index (κ3) is 3.29. The Morgan fingerprint density at radius 3 is 2.74 bits per heavy atom. The van der Waals surface area contributed by atoms with E-state index in [4.69, 9.17) is 4.74 Å². The van der Waals surface area contributed by atoms with E-state index < -0.39 is 12.7 Å². The minimum atomic E-state index is -1.48. The van der Waals surface area contributed by atoms with Crippen molar-refractivity contribution in [3.8, 4) is 0 Å². The summed E-state index contributed by atoms with van der Waals surface area (Å²) in [6, 6.07) is 0. The van der Waals surface area contributed by atoms with E-state index in [1.807, 2.05) is 26.2 Å². The van der Waals surface area contributed by atoms with Crippen LogP contribution < -0.4 is 4.78 Å². The summed E-state index contributed by atoms with van der Waals surface area (Å²) in [5.41, 5.74) is 1.41. The highest BCUT2D eigenvalue weighted by molar-refractivity contribution is 7.20. The maximum Gasteiger partial charge on any atom is 0.499 e. The number of nitrogens with zero attached hydrogens (tertiary/aromatic N) is 1. The minimum absolute atomic E-state index is 0.359. The third-order valence-corrected chi connectivity index (χ3v) is 4.01. The van der Waals surface area contributed by atoms with E-state index in [9.17, 15) is 14.8 Å². The van der Waals surface area contributed by atoms with Crippen molar-refractivity contribution in [2.45, 2.75) is 39.3 Å². The lowest BCUT2D eigenvalue weighted by Crippen LogP contribution is -2.42. The lowest BCUT2D eigenvalue weighted by atomic mass is 9.83. The minimum Gasteiger partial charge on any atom is -0.444 e. The quantitative estimate of drug-likeness (QED) is 0.745. The van der Waals surface area contributed by atoms with Crippen LogP contribution in [0.4, 0.5) is 4.79 Å². The summed E-state index contributed by atoms with van der Waals surface area (Å²) in [5, 5.41) is 20.5. The second-order valence-corrected chi connectivity index (χ2v) is 6.54. The molecule has 0 saturated heterocycles. The van der Waals surface area contributed by atoms with Crippen LogP contribution in [0.3, 0.4) is 0 Å². The Hall–Kier alpha value is -1.05. The van der Waals surface area contributed by atoms with E-state index in [0.717, 1.165) is 17.5 Å². The fourth-order valence-electron chi connectivity index (χ4n) is 2.05. The van der Waals surface area contributed by atoms with Crippen LogP contribution in [0, 0.1) is 0 Å². The molecule has 19 heavy (non-hydrogen) atoms. The van der Waals surface area contributed by atoms with Gasteiger partial charge in [0, 0.05) is 17.9 Å². The topological polar surface area (TPSA) is 70.0 Å². The molecule has 0 unspecified atom stereocenters. The second kappa shape index (κ2) is 5.15. The lowest BCUT2D eigenvalue weighted by Gasteiger charge is -2.30. The second-order valence-electron chi connectivity index (χ2n) is 5.63. The summed E-state index contributed by atoms with van der Waals surface area (Å²) in [6.07, 6.45) is 0.361. The Kier molecular flexibility index (Phi) is 3.89. The Bertz CT molecular complexity index is 481. The molecule has 1 aromatic heterocycles. The van der Waals surface area contributed by atoms with Gasteiger partial charge in [-0.2, -0.15) is 11.3 Å². The van der Waals surface area contributed by atoms with Gasteiger partial charge in [0.05, 0.1) is 0 Å². The highest BCUT2D eigenvalue weighted by Crippen LogP contribution is 2.23. The molecule has 0 bridgehead atoms. The van der Waals surface area contributed by atoms with E-state index in [1.54, 1.807) is 4.90 Å². The molecule has 0 radical (unpaired) electrons. The van der Waals surface area contributed by atoms with Crippen molar-refractivity contribution in [2.24, 2.45) is 0 Å². The summed E-state index contributed by atoms with van der Waals surface area (Å²) < 4.78 is 5.85. The van der Waals surface area contributed by atoms with Crippen LogP contribution >= 0.6 is 11.3 Å². The Morgan fingerprint density at radius 2 is 2.16 bits per heavy atom. The molecule has 0 spiro atoms.